The number of aromatic nitrogens is 6. The Bertz CT molecular complexity index is 1770. The molecule has 0 amide bonds. The van der Waals surface area contributed by atoms with Crippen molar-refractivity contribution in [1.82, 2.24) is 35.0 Å². The van der Waals surface area contributed by atoms with Gasteiger partial charge in [-0.25, -0.2) is 9.37 Å². The van der Waals surface area contributed by atoms with E-state index in [0.29, 0.717) is 40.4 Å². The molecule has 9 nitrogen and oxygen atoms in total. The Morgan fingerprint density at radius 2 is 1.87 bits per heavy atom. The smallest absolute Gasteiger partial charge is 0.135 e. The number of fused-ring (bicyclic) bond motifs is 2. The maximum absolute atomic E-state index is 14.6. The van der Waals surface area contributed by atoms with Gasteiger partial charge in [-0.1, -0.05) is 0 Å². The number of nitrogens with two attached hydrogens (primary N) is 1. The van der Waals surface area contributed by atoms with E-state index in [1.165, 1.54) is 12.1 Å². The van der Waals surface area contributed by atoms with E-state index in [4.69, 9.17) is 10.7 Å². The fraction of sp³-hybridized carbons (Fsp3) is 0.143. The summed E-state index contributed by atoms with van der Waals surface area (Å²) >= 11 is 0. The number of nitrogens with zero attached hydrogens (tertiary/aromatic N) is 5. The number of rotatable bonds is 7. The third-order valence-electron chi connectivity index (χ3n) is 6.33. The normalized spacial score (nSPS) is 11.6. The van der Waals surface area contributed by atoms with Crippen molar-refractivity contribution in [2.75, 3.05) is 38.2 Å². The van der Waals surface area contributed by atoms with Crippen molar-refractivity contribution in [3.63, 3.8) is 0 Å². The number of hydrogen-bond acceptors (Lipinski definition) is 7. The number of nitrogen functional groups attached to an aromatic ring is 1. The zero-order valence-corrected chi connectivity index (χ0v) is 21.0. The number of benzene rings is 1. The van der Waals surface area contributed by atoms with Crippen molar-refractivity contribution in [2.24, 2.45) is 0 Å². The topological polar surface area (TPSA) is 124 Å². The maximum Gasteiger partial charge on any atom is 0.135 e. The van der Waals surface area contributed by atoms with Crippen molar-refractivity contribution in [3.8, 4) is 33.9 Å². The Morgan fingerprint density at radius 3 is 2.71 bits per heavy atom. The first-order valence-electron chi connectivity index (χ1n) is 12.2. The molecule has 5 aromatic heterocycles. The van der Waals surface area contributed by atoms with Crippen LogP contribution in [-0.4, -0.2) is 62.2 Å². The van der Waals surface area contributed by atoms with E-state index in [1.807, 2.05) is 50.5 Å². The molecule has 0 bridgehead atoms. The second-order valence-corrected chi connectivity index (χ2v) is 9.43. The number of likely N-dealkylation sites (N-methyl/N-ethyl adjacent to an activating group) is 1. The van der Waals surface area contributed by atoms with E-state index in [9.17, 15) is 4.39 Å². The van der Waals surface area contributed by atoms with Crippen LogP contribution >= 0.6 is 0 Å². The number of H-pyrrole nitrogens is 2. The van der Waals surface area contributed by atoms with Crippen molar-refractivity contribution in [1.29, 1.82) is 0 Å². The van der Waals surface area contributed by atoms with Crippen LogP contribution in [0.2, 0.25) is 0 Å². The highest BCUT2D eigenvalue weighted by atomic mass is 19.1. The van der Waals surface area contributed by atoms with E-state index < -0.39 is 0 Å². The molecule has 38 heavy (non-hydrogen) atoms. The van der Waals surface area contributed by atoms with Crippen molar-refractivity contribution in [3.05, 3.63) is 72.9 Å². The molecule has 0 atom stereocenters. The van der Waals surface area contributed by atoms with E-state index >= 15 is 0 Å². The monoisotopic (exact) mass is 507 g/mol. The van der Waals surface area contributed by atoms with Crippen LogP contribution in [-0.2, 0) is 0 Å². The summed E-state index contributed by atoms with van der Waals surface area (Å²) in [6.45, 7) is 1.54. The maximum atomic E-state index is 14.6. The molecule has 0 spiro atoms. The minimum atomic E-state index is -0.324. The molecule has 5 N–H and O–H groups in total. The Morgan fingerprint density at radius 1 is 0.974 bits per heavy atom. The van der Waals surface area contributed by atoms with Crippen molar-refractivity contribution < 1.29 is 4.39 Å². The summed E-state index contributed by atoms with van der Waals surface area (Å²) in [5.41, 5.74) is 14.0. The van der Waals surface area contributed by atoms with Gasteiger partial charge in [-0.05, 0) is 62.6 Å². The number of aromatic amines is 2. The summed E-state index contributed by atoms with van der Waals surface area (Å²) in [5.74, 6) is -0.324. The first-order valence-corrected chi connectivity index (χ1v) is 12.2. The molecule has 6 aromatic rings. The second kappa shape index (κ2) is 9.56. The lowest BCUT2D eigenvalue weighted by molar-refractivity contribution is 0.425. The van der Waals surface area contributed by atoms with Crippen molar-refractivity contribution >= 4 is 33.3 Å². The van der Waals surface area contributed by atoms with Crippen LogP contribution in [0.4, 0.5) is 15.8 Å². The molecule has 0 unspecified atom stereocenters. The predicted octanol–water partition coefficient (Wildman–Crippen LogP) is 4.93. The Kier molecular flexibility index (Phi) is 5.93. The van der Waals surface area contributed by atoms with Gasteiger partial charge in [-0.2, -0.15) is 5.10 Å². The summed E-state index contributed by atoms with van der Waals surface area (Å²) in [7, 11) is 4.00. The van der Waals surface area contributed by atoms with Crippen LogP contribution < -0.4 is 11.1 Å². The minimum Gasteiger partial charge on any atom is -0.397 e. The fourth-order valence-corrected chi connectivity index (χ4v) is 4.51. The molecule has 10 heteroatoms. The van der Waals surface area contributed by atoms with Crippen LogP contribution in [0, 0.1) is 5.82 Å². The van der Waals surface area contributed by atoms with Crippen molar-refractivity contribution in [2.45, 2.75) is 0 Å². The molecule has 0 aliphatic rings. The summed E-state index contributed by atoms with van der Waals surface area (Å²) in [5, 5.41) is 11.8. The summed E-state index contributed by atoms with van der Waals surface area (Å²) in [6.07, 6.45) is 5.05. The number of halogens is 1. The molecule has 0 fully saturated rings. The SMILES string of the molecule is CN(C)CCNc1cc(F)cc(-c2nccc3[nH]c(-c4n[nH]c5ccc(-c6cncc(N)c6)nc45)cc23)c1. The molecule has 1 aromatic carbocycles. The van der Waals surface area contributed by atoms with Crippen LogP contribution in [0.3, 0.4) is 0 Å². The fourth-order valence-electron chi connectivity index (χ4n) is 4.51. The zero-order valence-electron chi connectivity index (χ0n) is 21.0. The number of hydrogen-bond donors (Lipinski definition) is 4. The Labute approximate surface area is 218 Å². The van der Waals surface area contributed by atoms with E-state index in [2.05, 4.69) is 35.4 Å². The highest BCUT2D eigenvalue weighted by Gasteiger charge is 2.17. The lowest BCUT2D eigenvalue weighted by Crippen LogP contribution is -2.20. The lowest BCUT2D eigenvalue weighted by Gasteiger charge is -2.12. The molecular weight excluding hydrogens is 481 g/mol. The summed E-state index contributed by atoms with van der Waals surface area (Å²) in [4.78, 5) is 19.1. The quantitative estimate of drug-likeness (QED) is 0.242. The largest absolute Gasteiger partial charge is 0.397 e. The van der Waals surface area contributed by atoms with Gasteiger partial charge in [0, 0.05) is 59.4 Å². The van der Waals surface area contributed by atoms with Gasteiger partial charge in [-0.3, -0.25) is 15.1 Å². The minimum absolute atomic E-state index is 0.324. The Balaban J connectivity index is 1.40. The van der Waals surface area contributed by atoms with E-state index in [0.717, 1.165) is 39.9 Å². The molecule has 190 valence electrons. The standard InChI is InChI=1S/C28H26FN9/c1-38(2)8-7-32-20-11-16(9-18(29)12-20)26-21-13-25(34-23(21)5-6-33-26)28-27-24(36-37-28)4-3-22(35-27)17-10-19(30)15-31-14-17/h3-6,9-15,32,34H,7-8,30H2,1-2H3,(H,36,37). The number of nitrogens with one attached hydrogen (secondary N) is 3. The molecule has 0 saturated heterocycles. The van der Waals surface area contributed by atoms with Crippen LogP contribution in [0.25, 0.3) is 55.8 Å². The predicted molar refractivity (Wildman–Crippen MR) is 149 cm³/mol. The third kappa shape index (κ3) is 4.53. The number of pyridine rings is 3. The van der Waals surface area contributed by atoms with Crippen LogP contribution in [0.5, 0.6) is 0 Å². The highest BCUT2D eigenvalue weighted by Crippen LogP contribution is 2.34. The van der Waals surface area contributed by atoms with Gasteiger partial charge < -0.3 is 20.9 Å². The van der Waals surface area contributed by atoms with Crippen LogP contribution in [0.15, 0.2) is 67.1 Å². The molecule has 0 saturated carbocycles. The lowest BCUT2D eigenvalue weighted by atomic mass is 10.1. The molecule has 0 aliphatic heterocycles. The molecule has 5 heterocycles. The van der Waals surface area contributed by atoms with E-state index in [-0.39, 0.29) is 5.82 Å². The average molecular weight is 508 g/mol. The van der Waals surface area contributed by atoms with Gasteiger partial charge in [0.2, 0.25) is 0 Å². The Hall–Kier alpha value is -4.83. The molecule has 0 aliphatic carbocycles. The average Bonchev–Trinajstić information content (AvgIpc) is 3.51. The zero-order chi connectivity index (χ0) is 26.2. The summed E-state index contributed by atoms with van der Waals surface area (Å²) in [6, 6.07) is 14.5. The first kappa shape index (κ1) is 23.6. The molecular formula is C28H26FN9. The number of anilines is 2. The van der Waals surface area contributed by atoms with Gasteiger partial charge in [0.05, 0.1) is 28.3 Å². The molecule has 0 radical (unpaired) electrons. The van der Waals surface area contributed by atoms with Gasteiger partial charge in [0.1, 0.15) is 17.0 Å². The van der Waals surface area contributed by atoms with Gasteiger partial charge in [0.15, 0.2) is 0 Å². The first-order chi connectivity index (χ1) is 18.4. The molecule has 6 rings (SSSR count). The van der Waals surface area contributed by atoms with Gasteiger partial charge in [-0.15, -0.1) is 0 Å². The highest BCUT2D eigenvalue weighted by molar-refractivity contribution is 5.99. The van der Waals surface area contributed by atoms with Crippen LogP contribution in [0.1, 0.15) is 0 Å². The third-order valence-corrected chi connectivity index (χ3v) is 6.33. The van der Waals surface area contributed by atoms with Gasteiger partial charge in [0.25, 0.3) is 0 Å². The summed E-state index contributed by atoms with van der Waals surface area (Å²) < 4.78 is 14.6. The van der Waals surface area contributed by atoms with E-state index in [1.54, 1.807) is 18.6 Å². The van der Waals surface area contributed by atoms with Gasteiger partial charge >= 0.3 is 0 Å². The second-order valence-electron chi connectivity index (χ2n) is 9.43.